The lowest BCUT2D eigenvalue weighted by Crippen LogP contribution is -2.41. The maximum Gasteiger partial charge on any atom is 0.293 e. The van der Waals surface area contributed by atoms with Gasteiger partial charge in [0.25, 0.3) is 5.69 Å². The van der Waals surface area contributed by atoms with Crippen LogP contribution in [-0.2, 0) is 9.84 Å². The highest BCUT2D eigenvalue weighted by Gasteiger charge is 2.30. The van der Waals surface area contributed by atoms with Gasteiger partial charge in [0.1, 0.15) is 5.69 Å². The molecule has 0 radical (unpaired) electrons. The lowest BCUT2D eigenvalue weighted by Gasteiger charge is -2.23. The molecule has 0 aromatic heterocycles. The highest BCUT2D eigenvalue weighted by Crippen LogP contribution is 2.29. The van der Waals surface area contributed by atoms with E-state index in [1.165, 1.54) is 12.1 Å². The number of anilines is 1. The largest absolute Gasteiger partial charge is 0.378 e. The van der Waals surface area contributed by atoms with Crippen LogP contribution in [0.25, 0.3) is 0 Å². The molecule has 2 rings (SSSR count). The van der Waals surface area contributed by atoms with Crippen molar-refractivity contribution in [2.45, 2.75) is 32.1 Å². The van der Waals surface area contributed by atoms with E-state index in [4.69, 9.17) is 0 Å². The van der Waals surface area contributed by atoms with E-state index < -0.39 is 14.8 Å². The monoisotopic (exact) mass is 411 g/mol. The van der Waals surface area contributed by atoms with Crippen molar-refractivity contribution < 1.29 is 13.3 Å². The summed E-state index contributed by atoms with van der Waals surface area (Å²) in [6, 6.07) is 3.87. The molecule has 0 unspecified atom stereocenters. The average molecular weight is 412 g/mol. The van der Waals surface area contributed by atoms with Gasteiger partial charge in [-0.1, -0.05) is 13.8 Å². The van der Waals surface area contributed by atoms with E-state index >= 15 is 0 Å². The van der Waals surface area contributed by atoms with E-state index in [-0.39, 0.29) is 21.7 Å². The topological polar surface area (TPSA) is 117 Å². The molecule has 1 aliphatic rings. The predicted octanol–water partition coefficient (Wildman–Crippen LogP) is 2.11. The van der Waals surface area contributed by atoms with Crippen molar-refractivity contribution in [3.05, 3.63) is 28.3 Å². The molecule has 0 atom stereocenters. The van der Waals surface area contributed by atoms with Crippen molar-refractivity contribution in [2.75, 3.05) is 44.3 Å². The molecular formula is C18H29N5O4S. The Morgan fingerprint density at radius 2 is 2.11 bits per heavy atom. The molecule has 9 nitrogen and oxygen atoms in total. The van der Waals surface area contributed by atoms with E-state index in [1.54, 1.807) is 0 Å². The Labute approximate surface area is 166 Å². The zero-order chi connectivity index (χ0) is 20.9. The normalized spacial score (nSPS) is 16.9. The molecule has 1 aromatic carbocycles. The molecule has 1 saturated heterocycles. The first kappa shape index (κ1) is 21.9. The minimum absolute atomic E-state index is 0.0751. The zero-order valence-electron chi connectivity index (χ0n) is 16.9. The molecule has 28 heavy (non-hydrogen) atoms. The van der Waals surface area contributed by atoms with Gasteiger partial charge in [0.05, 0.1) is 16.4 Å². The Morgan fingerprint density at radius 1 is 1.39 bits per heavy atom. The average Bonchev–Trinajstić information content (AvgIpc) is 2.96. The molecule has 1 aromatic rings. The predicted molar refractivity (Wildman–Crippen MR) is 111 cm³/mol. The van der Waals surface area contributed by atoms with Crippen molar-refractivity contribution in [1.29, 1.82) is 0 Å². The number of guanidine groups is 1. The van der Waals surface area contributed by atoms with Gasteiger partial charge < -0.3 is 15.5 Å². The number of sulfone groups is 1. The van der Waals surface area contributed by atoms with E-state index in [1.807, 2.05) is 6.92 Å². The summed E-state index contributed by atoms with van der Waals surface area (Å²) in [6.45, 7) is 9.96. The molecule has 0 spiro atoms. The van der Waals surface area contributed by atoms with Crippen molar-refractivity contribution in [2.24, 2.45) is 10.4 Å². The smallest absolute Gasteiger partial charge is 0.293 e. The molecule has 0 aliphatic carbocycles. The number of nitrogens with one attached hydrogen (secondary N) is 2. The van der Waals surface area contributed by atoms with Gasteiger partial charge >= 0.3 is 0 Å². The van der Waals surface area contributed by atoms with Crippen LogP contribution in [0.15, 0.2) is 28.1 Å². The molecule has 2 N–H and O–H groups in total. The van der Waals surface area contributed by atoms with E-state index in [0.29, 0.717) is 13.1 Å². The second kappa shape index (κ2) is 8.76. The molecule has 156 valence electrons. The third kappa shape index (κ3) is 5.82. The highest BCUT2D eigenvalue weighted by atomic mass is 32.2. The highest BCUT2D eigenvalue weighted by molar-refractivity contribution is 7.90. The first-order chi connectivity index (χ1) is 13.0. The molecule has 0 amide bonds. The molecule has 0 saturated carbocycles. The number of nitro benzene ring substituents is 1. The number of likely N-dealkylation sites (tertiary alicyclic amines) is 1. The molecule has 1 heterocycles. The fraction of sp³-hybridized carbons (Fsp3) is 0.611. The lowest BCUT2D eigenvalue weighted by atomic mass is 9.93. The third-order valence-corrected chi connectivity index (χ3v) is 5.70. The number of benzene rings is 1. The number of hydrogen-bond acceptors (Lipinski definition) is 6. The second-order valence-corrected chi connectivity index (χ2v) is 9.72. The summed E-state index contributed by atoms with van der Waals surface area (Å²) in [4.78, 5) is 17.5. The van der Waals surface area contributed by atoms with Gasteiger partial charge in [-0.25, -0.2) is 8.42 Å². The maximum atomic E-state index is 11.6. The van der Waals surface area contributed by atoms with Crippen LogP contribution in [0.5, 0.6) is 0 Å². The summed E-state index contributed by atoms with van der Waals surface area (Å²) in [7, 11) is -3.51. The molecule has 10 heteroatoms. The molecular weight excluding hydrogens is 382 g/mol. The van der Waals surface area contributed by atoms with Gasteiger partial charge in [0.15, 0.2) is 15.8 Å². The van der Waals surface area contributed by atoms with Crippen LogP contribution in [0.1, 0.15) is 27.2 Å². The van der Waals surface area contributed by atoms with Crippen LogP contribution in [0.2, 0.25) is 0 Å². The number of rotatable bonds is 7. The van der Waals surface area contributed by atoms with Crippen LogP contribution in [-0.4, -0.2) is 63.2 Å². The minimum atomic E-state index is -3.51. The van der Waals surface area contributed by atoms with E-state index in [9.17, 15) is 18.5 Å². The van der Waals surface area contributed by atoms with Gasteiger partial charge in [0.2, 0.25) is 0 Å². The van der Waals surface area contributed by atoms with Crippen molar-refractivity contribution in [3.63, 3.8) is 0 Å². The Hall–Kier alpha value is -2.36. The number of hydrogen-bond donors (Lipinski definition) is 2. The fourth-order valence-corrected chi connectivity index (χ4v) is 3.75. The number of nitro groups is 1. The SMILES string of the molecule is CCNC(=NCCNc1ccc(S(C)(=O)=O)cc1[N+](=O)[O-])N1CCC(C)(C)C1. The summed E-state index contributed by atoms with van der Waals surface area (Å²) >= 11 is 0. The minimum Gasteiger partial charge on any atom is -0.378 e. The van der Waals surface area contributed by atoms with Gasteiger partial charge in [-0.2, -0.15) is 0 Å². The van der Waals surface area contributed by atoms with Crippen molar-refractivity contribution in [3.8, 4) is 0 Å². The summed E-state index contributed by atoms with van der Waals surface area (Å²) in [5.74, 6) is 0.844. The van der Waals surface area contributed by atoms with Crippen LogP contribution < -0.4 is 10.6 Å². The van der Waals surface area contributed by atoms with E-state index in [0.717, 1.165) is 44.3 Å². The second-order valence-electron chi connectivity index (χ2n) is 7.71. The number of aliphatic imine (C=N–C) groups is 1. The third-order valence-electron chi connectivity index (χ3n) is 4.59. The Balaban J connectivity index is 2.05. The standard InChI is InChI=1S/C18H29N5O4S/c1-5-19-17(22-11-8-18(2,3)13-22)21-10-9-20-15-7-6-14(28(4,26)27)12-16(15)23(24)25/h6-7,12,20H,5,8-11,13H2,1-4H3,(H,19,21). The van der Waals surface area contributed by atoms with Gasteiger partial charge in [-0.05, 0) is 30.9 Å². The Kier molecular flexibility index (Phi) is 6.87. The first-order valence-electron chi connectivity index (χ1n) is 9.29. The van der Waals surface area contributed by atoms with Crippen molar-refractivity contribution >= 4 is 27.2 Å². The Morgan fingerprint density at radius 3 is 2.64 bits per heavy atom. The van der Waals surface area contributed by atoms with Gasteiger partial charge in [0, 0.05) is 38.5 Å². The summed E-state index contributed by atoms with van der Waals surface area (Å²) < 4.78 is 23.2. The maximum absolute atomic E-state index is 11.6. The first-order valence-corrected chi connectivity index (χ1v) is 11.2. The van der Waals surface area contributed by atoms with Crippen LogP contribution in [0, 0.1) is 15.5 Å². The van der Waals surface area contributed by atoms with Crippen molar-refractivity contribution in [1.82, 2.24) is 10.2 Å². The summed E-state index contributed by atoms with van der Waals surface area (Å²) in [6.07, 6.45) is 2.13. The lowest BCUT2D eigenvalue weighted by molar-refractivity contribution is -0.384. The Bertz CT molecular complexity index is 852. The zero-order valence-corrected chi connectivity index (χ0v) is 17.7. The number of nitrogens with zero attached hydrogens (tertiary/aromatic N) is 3. The molecule has 1 fully saturated rings. The molecule has 0 bridgehead atoms. The van der Waals surface area contributed by atoms with Gasteiger partial charge in [-0.15, -0.1) is 0 Å². The molecule has 1 aliphatic heterocycles. The fourth-order valence-electron chi connectivity index (χ4n) is 3.11. The summed E-state index contributed by atoms with van der Waals surface area (Å²) in [5, 5.41) is 17.6. The van der Waals surface area contributed by atoms with Gasteiger partial charge in [-0.3, -0.25) is 15.1 Å². The quantitative estimate of drug-likeness (QED) is 0.232. The summed E-state index contributed by atoms with van der Waals surface area (Å²) in [5.41, 5.74) is 0.274. The van der Waals surface area contributed by atoms with Crippen LogP contribution in [0.3, 0.4) is 0 Å². The van der Waals surface area contributed by atoms with Crippen LogP contribution in [0.4, 0.5) is 11.4 Å². The van der Waals surface area contributed by atoms with Crippen LogP contribution >= 0.6 is 0 Å². The van der Waals surface area contributed by atoms with E-state index in [2.05, 4.69) is 34.4 Å².